The highest BCUT2D eigenvalue weighted by Gasteiger charge is 2.17. The number of hydrogen-bond donors (Lipinski definition) is 1. The maximum Gasteiger partial charge on any atom is 0.0791 e. The first kappa shape index (κ1) is 13.0. The van der Waals surface area contributed by atoms with Crippen LogP contribution in [0, 0.1) is 12.3 Å². The summed E-state index contributed by atoms with van der Waals surface area (Å²) in [6, 6.07) is 6.55. The third-order valence-electron chi connectivity index (χ3n) is 3.53. The summed E-state index contributed by atoms with van der Waals surface area (Å²) in [5, 5.41) is 9.75. The van der Waals surface area contributed by atoms with E-state index in [4.69, 9.17) is 6.42 Å². The molecule has 1 aromatic carbocycles. The van der Waals surface area contributed by atoms with Gasteiger partial charge in [0.05, 0.1) is 12.6 Å². The lowest BCUT2D eigenvalue weighted by molar-refractivity contribution is 0.158. The van der Waals surface area contributed by atoms with Crippen LogP contribution >= 0.6 is 0 Å². The molecule has 2 heteroatoms. The van der Waals surface area contributed by atoms with Gasteiger partial charge in [-0.1, -0.05) is 18.9 Å². The average Bonchev–Trinajstić information content (AvgIpc) is 2.37. The first-order chi connectivity index (χ1) is 8.74. The van der Waals surface area contributed by atoms with Crippen LogP contribution in [0.1, 0.15) is 30.9 Å². The predicted octanol–water partition coefficient (Wildman–Crippen LogP) is 2.39. The minimum absolute atomic E-state index is 0.181. The Morgan fingerprint density at radius 1 is 1.44 bits per heavy atom. The smallest absolute Gasteiger partial charge is 0.0791 e. The quantitative estimate of drug-likeness (QED) is 0.821. The number of fused-ring (bicyclic) bond motifs is 1. The van der Waals surface area contributed by atoms with Gasteiger partial charge in [0.2, 0.25) is 0 Å². The van der Waals surface area contributed by atoms with Gasteiger partial charge in [0.1, 0.15) is 0 Å². The van der Waals surface area contributed by atoms with Crippen molar-refractivity contribution in [2.45, 2.75) is 38.7 Å². The number of terminal acetylenes is 1. The van der Waals surface area contributed by atoms with Crippen LogP contribution in [0.2, 0.25) is 0 Å². The summed E-state index contributed by atoms with van der Waals surface area (Å²) in [5.41, 5.74) is 3.84. The lowest BCUT2D eigenvalue weighted by Crippen LogP contribution is -2.25. The van der Waals surface area contributed by atoms with Crippen molar-refractivity contribution in [1.29, 1.82) is 0 Å². The minimum atomic E-state index is -0.181. The van der Waals surface area contributed by atoms with Crippen molar-refractivity contribution in [3.8, 4) is 12.3 Å². The number of anilines is 1. The van der Waals surface area contributed by atoms with Crippen molar-refractivity contribution in [2.75, 3.05) is 18.0 Å². The van der Waals surface area contributed by atoms with Gasteiger partial charge in [-0.15, -0.1) is 6.42 Å². The summed E-state index contributed by atoms with van der Waals surface area (Å²) in [4.78, 5) is 2.22. The number of aliphatic hydroxyl groups is 1. The molecule has 1 aliphatic rings. The predicted molar refractivity (Wildman–Crippen MR) is 75.8 cm³/mol. The van der Waals surface area contributed by atoms with Crippen LogP contribution < -0.4 is 4.90 Å². The number of rotatable bonds is 4. The SMILES string of the molecule is C#CCN(CCC)c1ccc2c(c1)CC(O)CC2. The Bertz CT molecular complexity index is 447. The molecule has 2 rings (SSSR count). The van der Waals surface area contributed by atoms with Crippen LogP contribution in [-0.2, 0) is 12.8 Å². The zero-order chi connectivity index (χ0) is 13.0. The van der Waals surface area contributed by atoms with Gasteiger partial charge < -0.3 is 10.0 Å². The van der Waals surface area contributed by atoms with Crippen molar-refractivity contribution in [1.82, 2.24) is 0 Å². The standard InChI is InChI=1S/C16H21NO/c1-3-9-17(10-4-2)15-7-5-13-6-8-16(18)12-14(13)11-15/h1,5,7,11,16,18H,4,6,8-10,12H2,2H3. The molecule has 18 heavy (non-hydrogen) atoms. The summed E-state index contributed by atoms with van der Waals surface area (Å²) in [6.45, 7) is 3.78. The molecule has 2 nitrogen and oxygen atoms in total. The Kier molecular flexibility index (Phi) is 4.28. The van der Waals surface area contributed by atoms with Crippen molar-refractivity contribution in [3.05, 3.63) is 29.3 Å². The van der Waals surface area contributed by atoms with Gasteiger partial charge in [-0.05, 0) is 48.9 Å². The maximum absolute atomic E-state index is 9.75. The molecular weight excluding hydrogens is 222 g/mol. The van der Waals surface area contributed by atoms with Gasteiger partial charge in [-0.3, -0.25) is 0 Å². The van der Waals surface area contributed by atoms with Crippen molar-refractivity contribution in [3.63, 3.8) is 0 Å². The molecule has 0 spiro atoms. The third-order valence-corrected chi connectivity index (χ3v) is 3.53. The van der Waals surface area contributed by atoms with Crippen LogP contribution in [0.3, 0.4) is 0 Å². The molecule has 1 unspecified atom stereocenters. The van der Waals surface area contributed by atoms with Gasteiger partial charge in [-0.2, -0.15) is 0 Å². The van der Waals surface area contributed by atoms with Crippen molar-refractivity contribution in [2.24, 2.45) is 0 Å². The van der Waals surface area contributed by atoms with E-state index in [1.165, 1.54) is 16.8 Å². The van der Waals surface area contributed by atoms with Crippen LogP contribution in [0.15, 0.2) is 18.2 Å². The third kappa shape index (κ3) is 2.86. The van der Waals surface area contributed by atoms with E-state index in [1.54, 1.807) is 0 Å². The zero-order valence-electron chi connectivity index (χ0n) is 11.0. The molecule has 96 valence electrons. The van der Waals surface area contributed by atoms with E-state index in [9.17, 15) is 5.11 Å². The number of hydrogen-bond acceptors (Lipinski definition) is 2. The summed E-state index contributed by atoms with van der Waals surface area (Å²) in [7, 11) is 0. The topological polar surface area (TPSA) is 23.5 Å². The lowest BCUT2D eigenvalue weighted by Gasteiger charge is -2.26. The second kappa shape index (κ2) is 5.93. The first-order valence-electron chi connectivity index (χ1n) is 6.73. The minimum Gasteiger partial charge on any atom is -0.393 e. The van der Waals surface area contributed by atoms with Crippen LogP contribution in [-0.4, -0.2) is 24.3 Å². The Balaban J connectivity index is 2.23. The van der Waals surface area contributed by atoms with E-state index in [1.807, 2.05) is 0 Å². The second-order valence-electron chi connectivity index (χ2n) is 4.98. The Morgan fingerprint density at radius 2 is 2.28 bits per heavy atom. The molecule has 0 fully saturated rings. The van der Waals surface area contributed by atoms with E-state index in [0.29, 0.717) is 6.54 Å². The Morgan fingerprint density at radius 3 is 3.00 bits per heavy atom. The highest BCUT2D eigenvalue weighted by Crippen LogP contribution is 2.26. The number of benzene rings is 1. The molecule has 1 N–H and O–H groups in total. The first-order valence-corrected chi connectivity index (χ1v) is 6.73. The number of aryl methyl sites for hydroxylation is 1. The molecule has 1 aliphatic carbocycles. The molecule has 0 aliphatic heterocycles. The Hall–Kier alpha value is -1.46. The fourth-order valence-corrected chi connectivity index (χ4v) is 2.60. The van der Waals surface area contributed by atoms with Crippen LogP contribution in [0.5, 0.6) is 0 Å². The number of aliphatic hydroxyl groups excluding tert-OH is 1. The Labute approximate surface area is 110 Å². The van der Waals surface area contributed by atoms with Gasteiger partial charge in [0.25, 0.3) is 0 Å². The van der Waals surface area contributed by atoms with Crippen molar-refractivity contribution >= 4 is 5.69 Å². The molecule has 0 bridgehead atoms. The van der Waals surface area contributed by atoms with Gasteiger partial charge in [-0.25, -0.2) is 0 Å². The molecule has 1 atom stereocenters. The number of nitrogens with zero attached hydrogens (tertiary/aromatic N) is 1. The molecule has 0 saturated heterocycles. The van der Waals surface area contributed by atoms with Gasteiger partial charge in [0.15, 0.2) is 0 Å². The highest BCUT2D eigenvalue weighted by atomic mass is 16.3. The molecule has 0 radical (unpaired) electrons. The molecule has 0 saturated carbocycles. The average molecular weight is 243 g/mol. The fraction of sp³-hybridized carbons (Fsp3) is 0.500. The van der Waals surface area contributed by atoms with E-state index < -0.39 is 0 Å². The molecule has 1 aromatic rings. The summed E-state index contributed by atoms with van der Waals surface area (Å²) < 4.78 is 0. The van der Waals surface area contributed by atoms with Gasteiger partial charge >= 0.3 is 0 Å². The van der Waals surface area contributed by atoms with E-state index in [-0.39, 0.29) is 6.10 Å². The molecule has 0 heterocycles. The monoisotopic (exact) mass is 243 g/mol. The largest absolute Gasteiger partial charge is 0.393 e. The fourth-order valence-electron chi connectivity index (χ4n) is 2.60. The van der Waals surface area contributed by atoms with Crippen molar-refractivity contribution < 1.29 is 5.11 Å². The molecular formula is C16H21NO. The summed E-state index contributed by atoms with van der Waals surface area (Å²) in [6.07, 6.45) is 8.98. The second-order valence-corrected chi connectivity index (χ2v) is 4.98. The maximum atomic E-state index is 9.75. The molecule has 0 aromatic heterocycles. The lowest BCUT2D eigenvalue weighted by atomic mass is 9.89. The van der Waals surface area contributed by atoms with E-state index >= 15 is 0 Å². The molecule has 0 amide bonds. The summed E-state index contributed by atoms with van der Waals surface area (Å²) >= 11 is 0. The van der Waals surface area contributed by atoms with Crippen LogP contribution in [0.4, 0.5) is 5.69 Å². The zero-order valence-corrected chi connectivity index (χ0v) is 11.0. The normalized spacial score (nSPS) is 17.9. The summed E-state index contributed by atoms with van der Waals surface area (Å²) in [5.74, 6) is 2.72. The van der Waals surface area contributed by atoms with E-state index in [0.717, 1.165) is 32.2 Å². The van der Waals surface area contributed by atoms with Crippen LogP contribution in [0.25, 0.3) is 0 Å². The van der Waals surface area contributed by atoms with E-state index in [2.05, 4.69) is 35.9 Å². The van der Waals surface area contributed by atoms with Gasteiger partial charge in [0, 0.05) is 12.2 Å². The highest BCUT2D eigenvalue weighted by molar-refractivity contribution is 5.52.